The largest absolute Gasteiger partial charge is 0.394 e. The normalized spacial score (nSPS) is 55.1. The van der Waals surface area contributed by atoms with Crippen LogP contribution in [-0.4, -0.2) is 114 Å². The van der Waals surface area contributed by atoms with E-state index in [0.717, 1.165) is 6.08 Å². The minimum atomic E-state index is -2.69. The summed E-state index contributed by atoms with van der Waals surface area (Å²) < 4.78 is 21.2. The maximum absolute atomic E-state index is 10.7. The molecule has 12 heteroatoms. The first-order chi connectivity index (χ1) is 12.6. The first-order valence-electron chi connectivity index (χ1n) is 8.31. The number of aliphatic hydroxyl groups excluding tert-OH is 6. The van der Waals surface area contributed by atoms with Gasteiger partial charge in [-0.05, 0) is 13.0 Å². The molecule has 0 aromatic carbocycles. The van der Waals surface area contributed by atoms with Crippen LogP contribution in [0.25, 0.3) is 0 Å². The Morgan fingerprint density at radius 2 is 1.59 bits per heavy atom. The third kappa shape index (κ3) is 2.62. The highest BCUT2D eigenvalue weighted by molar-refractivity contribution is 5.24. The van der Waals surface area contributed by atoms with Crippen LogP contribution in [0.4, 0.5) is 0 Å². The van der Waals surface area contributed by atoms with Crippen molar-refractivity contribution in [2.45, 2.75) is 60.6 Å². The van der Waals surface area contributed by atoms with E-state index in [9.17, 15) is 40.9 Å². The molecule has 156 valence electrons. The summed E-state index contributed by atoms with van der Waals surface area (Å²) in [5, 5.41) is 80.0. The Hall–Kier alpha value is -0.740. The van der Waals surface area contributed by atoms with Gasteiger partial charge in [0.25, 0.3) is 17.4 Å². The van der Waals surface area contributed by atoms with Gasteiger partial charge >= 0.3 is 0 Å². The smallest absolute Gasteiger partial charge is 0.287 e. The lowest BCUT2D eigenvalue weighted by molar-refractivity contribution is -0.422. The molecule has 3 fully saturated rings. The molecule has 3 aliphatic rings. The topological polar surface area (TPSA) is 202 Å². The van der Waals surface area contributed by atoms with Crippen LogP contribution in [0.5, 0.6) is 0 Å². The average Bonchev–Trinajstić information content (AvgIpc) is 3.17. The van der Waals surface area contributed by atoms with Crippen LogP contribution in [0.1, 0.15) is 6.92 Å². The molecule has 3 saturated heterocycles. The number of hydrogen-bond donors (Lipinski definition) is 8. The van der Waals surface area contributed by atoms with Gasteiger partial charge in [0, 0.05) is 0 Å². The number of rotatable bonds is 6. The molecule has 0 bridgehead atoms. The van der Waals surface area contributed by atoms with Gasteiger partial charge in [0.05, 0.1) is 13.2 Å². The summed E-state index contributed by atoms with van der Waals surface area (Å²) in [4.78, 5) is 0. The van der Waals surface area contributed by atoms with E-state index in [2.05, 4.69) is 0 Å². The van der Waals surface area contributed by atoms with Crippen molar-refractivity contribution in [2.24, 2.45) is 0 Å². The number of ether oxygens (including phenoxy) is 4. The van der Waals surface area contributed by atoms with Crippen LogP contribution in [-0.2, 0) is 18.9 Å². The third-order valence-electron chi connectivity index (χ3n) is 5.10. The van der Waals surface area contributed by atoms with Crippen molar-refractivity contribution >= 4 is 0 Å². The molecular formula is C15H24O12. The molecule has 0 aliphatic carbocycles. The molecule has 1 unspecified atom stereocenters. The van der Waals surface area contributed by atoms with E-state index < -0.39 is 73.5 Å². The zero-order chi connectivity index (χ0) is 20.3. The molecule has 3 rings (SSSR count). The fourth-order valence-corrected chi connectivity index (χ4v) is 3.55. The SMILES string of the molecule is C/C=C/[C@@]1(OC2(CO)O[C@H](CO)[C@@H](O)[C@@H]2O)O[C@H](CO)[C@@H](O)[C@@]2(O)O[C@]12O. The monoisotopic (exact) mass is 396 g/mol. The molecule has 3 heterocycles. The number of aliphatic hydroxyl groups is 8. The maximum atomic E-state index is 10.7. The highest BCUT2D eigenvalue weighted by Gasteiger charge is 2.88. The summed E-state index contributed by atoms with van der Waals surface area (Å²) in [6.45, 7) is -1.08. The quantitative estimate of drug-likeness (QED) is 0.158. The number of epoxide rings is 1. The van der Waals surface area contributed by atoms with Crippen molar-refractivity contribution in [3.8, 4) is 0 Å². The fraction of sp³-hybridized carbons (Fsp3) is 0.867. The fourth-order valence-electron chi connectivity index (χ4n) is 3.55. The van der Waals surface area contributed by atoms with Crippen molar-refractivity contribution < 1.29 is 59.8 Å². The van der Waals surface area contributed by atoms with E-state index in [0.29, 0.717) is 0 Å². The molecule has 27 heavy (non-hydrogen) atoms. The summed E-state index contributed by atoms with van der Waals surface area (Å²) >= 11 is 0. The Morgan fingerprint density at radius 1 is 0.963 bits per heavy atom. The molecule has 0 radical (unpaired) electrons. The van der Waals surface area contributed by atoms with Crippen molar-refractivity contribution in [3.05, 3.63) is 12.2 Å². The summed E-state index contributed by atoms with van der Waals surface area (Å²) in [6.07, 6.45) is -5.82. The average molecular weight is 396 g/mol. The second kappa shape index (κ2) is 6.66. The van der Waals surface area contributed by atoms with Crippen LogP contribution < -0.4 is 0 Å². The Kier molecular flexibility index (Phi) is 5.17. The van der Waals surface area contributed by atoms with Gasteiger partial charge in [0.2, 0.25) is 5.79 Å². The molecule has 9 atom stereocenters. The first kappa shape index (κ1) is 21.0. The van der Waals surface area contributed by atoms with Crippen LogP contribution in [0.2, 0.25) is 0 Å². The first-order valence-corrected chi connectivity index (χ1v) is 8.31. The lowest BCUT2D eigenvalue weighted by atomic mass is 9.91. The molecule has 0 spiro atoms. The lowest BCUT2D eigenvalue weighted by Gasteiger charge is -2.46. The zero-order valence-electron chi connectivity index (χ0n) is 14.4. The Bertz CT molecular complexity index is 601. The predicted octanol–water partition coefficient (Wildman–Crippen LogP) is -4.76. The van der Waals surface area contributed by atoms with Crippen molar-refractivity contribution in [1.29, 1.82) is 0 Å². The molecule has 0 aromatic rings. The minimum Gasteiger partial charge on any atom is -0.394 e. The van der Waals surface area contributed by atoms with Crippen LogP contribution in [0.15, 0.2) is 12.2 Å². The molecule has 12 nitrogen and oxygen atoms in total. The molecule has 8 N–H and O–H groups in total. The summed E-state index contributed by atoms with van der Waals surface area (Å²) in [5.74, 6) is -10.1. The second-order valence-electron chi connectivity index (χ2n) is 6.74. The van der Waals surface area contributed by atoms with Crippen molar-refractivity contribution in [3.63, 3.8) is 0 Å². The molecule has 3 aliphatic heterocycles. The van der Waals surface area contributed by atoms with E-state index in [1.165, 1.54) is 13.0 Å². The number of allylic oxidation sites excluding steroid dienone is 1. The van der Waals surface area contributed by atoms with Crippen LogP contribution in [0.3, 0.4) is 0 Å². The van der Waals surface area contributed by atoms with Crippen LogP contribution in [0, 0.1) is 0 Å². The number of hydrogen-bond acceptors (Lipinski definition) is 12. The van der Waals surface area contributed by atoms with Gasteiger partial charge in [-0.15, -0.1) is 0 Å². The van der Waals surface area contributed by atoms with Gasteiger partial charge in [-0.2, -0.15) is 0 Å². The number of fused-ring (bicyclic) bond motifs is 1. The van der Waals surface area contributed by atoms with Crippen molar-refractivity contribution in [2.75, 3.05) is 19.8 Å². The maximum Gasteiger partial charge on any atom is 0.287 e. The standard InChI is InChI=1S/C15H24O12/c1-2-3-13(15(23)14(22,27-15)10(20)8(5-17)25-13)26-12(6-18)11(21)9(19)7(4-16)24-12/h2-3,7-11,16-23H,4-6H2,1H3/b3-2+/t7-,8-,9-,10-,11+,12?,13+,14-,15-/m1/s1. The predicted molar refractivity (Wildman–Crippen MR) is 81.4 cm³/mol. The highest BCUT2D eigenvalue weighted by Crippen LogP contribution is 2.61. The van der Waals surface area contributed by atoms with Crippen LogP contribution >= 0.6 is 0 Å². The Labute approximate surface area is 153 Å². The lowest BCUT2D eigenvalue weighted by Crippen LogP contribution is -2.68. The molecule has 0 aromatic heterocycles. The minimum absolute atomic E-state index is 0.719. The van der Waals surface area contributed by atoms with E-state index in [-0.39, 0.29) is 0 Å². The van der Waals surface area contributed by atoms with E-state index in [1.807, 2.05) is 0 Å². The summed E-state index contributed by atoms with van der Waals surface area (Å²) in [5.41, 5.74) is 0. The third-order valence-corrected chi connectivity index (χ3v) is 5.10. The molecule has 0 amide bonds. The molecular weight excluding hydrogens is 372 g/mol. The van der Waals surface area contributed by atoms with Gasteiger partial charge in [-0.3, -0.25) is 0 Å². The van der Waals surface area contributed by atoms with Gasteiger partial charge in [0.15, 0.2) is 0 Å². The van der Waals surface area contributed by atoms with Crippen molar-refractivity contribution in [1.82, 2.24) is 0 Å². The van der Waals surface area contributed by atoms with Gasteiger partial charge in [-0.1, -0.05) is 6.08 Å². The summed E-state index contributed by atoms with van der Waals surface area (Å²) in [7, 11) is 0. The Morgan fingerprint density at radius 3 is 2.07 bits per heavy atom. The molecule has 0 saturated carbocycles. The van der Waals surface area contributed by atoms with E-state index >= 15 is 0 Å². The second-order valence-corrected chi connectivity index (χ2v) is 6.74. The zero-order valence-corrected chi connectivity index (χ0v) is 14.4. The Balaban J connectivity index is 2.03. The van der Waals surface area contributed by atoms with Gasteiger partial charge < -0.3 is 59.8 Å². The van der Waals surface area contributed by atoms with E-state index in [4.69, 9.17) is 18.9 Å². The highest BCUT2D eigenvalue weighted by atomic mass is 16.9. The van der Waals surface area contributed by atoms with E-state index in [1.54, 1.807) is 0 Å². The summed E-state index contributed by atoms with van der Waals surface area (Å²) in [6, 6.07) is 0. The van der Waals surface area contributed by atoms with Gasteiger partial charge in [0.1, 0.15) is 37.1 Å². The van der Waals surface area contributed by atoms with Gasteiger partial charge in [-0.25, -0.2) is 0 Å².